The molecule has 0 aliphatic carbocycles. The van der Waals surface area contributed by atoms with Crippen LogP contribution in [0.1, 0.15) is 19.3 Å². The van der Waals surface area contributed by atoms with Crippen LogP contribution in [-0.4, -0.2) is 55.3 Å². The van der Waals surface area contributed by atoms with Gasteiger partial charge in [-0.3, -0.25) is 0 Å². The topological polar surface area (TPSA) is 99.5 Å². The maximum atomic E-state index is 11.3. The Labute approximate surface area is 146 Å². The number of aromatic amines is 1. The standard InChI is InChI=1S/C17H24N6O2/c18-16(24)25-14-11-12(22-6-1-2-7-22)10-13-15(14)21-17(20-13)23-8-3-4-19-5-9-23/h10-11,19H,1-9H2,(H2,18,24)(H,20,21). The van der Waals surface area contributed by atoms with Crippen LogP contribution in [-0.2, 0) is 0 Å². The van der Waals surface area contributed by atoms with Gasteiger partial charge in [0.05, 0.1) is 5.52 Å². The molecule has 4 N–H and O–H groups in total. The third-order valence-corrected chi connectivity index (χ3v) is 4.85. The fourth-order valence-corrected chi connectivity index (χ4v) is 3.61. The molecule has 3 heterocycles. The smallest absolute Gasteiger partial charge is 0.408 e. The van der Waals surface area contributed by atoms with Gasteiger partial charge in [0.1, 0.15) is 5.52 Å². The number of nitrogens with two attached hydrogens (primary N) is 1. The molecule has 2 aliphatic heterocycles. The number of primary amides is 1. The minimum absolute atomic E-state index is 0.419. The highest BCUT2D eigenvalue weighted by atomic mass is 16.5. The molecule has 1 aromatic heterocycles. The zero-order chi connectivity index (χ0) is 17.2. The quantitative estimate of drug-likeness (QED) is 0.779. The number of nitrogens with one attached hydrogen (secondary N) is 2. The van der Waals surface area contributed by atoms with E-state index in [0.29, 0.717) is 11.3 Å². The largest absolute Gasteiger partial charge is 0.410 e. The molecular weight excluding hydrogens is 320 g/mol. The van der Waals surface area contributed by atoms with Crippen LogP contribution >= 0.6 is 0 Å². The van der Waals surface area contributed by atoms with Crippen molar-refractivity contribution in [3.05, 3.63) is 12.1 Å². The lowest BCUT2D eigenvalue weighted by molar-refractivity contribution is 0.211. The fourth-order valence-electron chi connectivity index (χ4n) is 3.61. The van der Waals surface area contributed by atoms with Gasteiger partial charge in [0.25, 0.3) is 0 Å². The summed E-state index contributed by atoms with van der Waals surface area (Å²) in [4.78, 5) is 23.9. The molecule has 2 fully saturated rings. The number of hydrogen-bond donors (Lipinski definition) is 3. The molecule has 0 unspecified atom stereocenters. The van der Waals surface area contributed by atoms with Crippen molar-refractivity contribution in [1.29, 1.82) is 0 Å². The van der Waals surface area contributed by atoms with Crippen molar-refractivity contribution in [1.82, 2.24) is 15.3 Å². The number of fused-ring (bicyclic) bond motifs is 1. The number of benzene rings is 1. The molecule has 8 heteroatoms. The first-order valence-corrected chi connectivity index (χ1v) is 8.92. The molecule has 2 aromatic rings. The van der Waals surface area contributed by atoms with E-state index in [4.69, 9.17) is 15.5 Å². The summed E-state index contributed by atoms with van der Waals surface area (Å²) < 4.78 is 5.25. The second-order valence-electron chi connectivity index (χ2n) is 6.61. The van der Waals surface area contributed by atoms with Gasteiger partial charge in [0, 0.05) is 44.5 Å². The van der Waals surface area contributed by atoms with Crippen LogP contribution in [0.15, 0.2) is 12.1 Å². The predicted octanol–water partition coefficient (Wildman–Crippen LogP) is 1.42. The van der Waals surface area contributed by atoms with E-state index in [2.05, 4.69) is 26.2 Å². The molecule has 0 radical (unpaired) electrons. The normalized spacial score (nSPS) is 18.6. The van der Waals surface area contributed by atoms with Gasteiger partial charge in [0.2, 0.25) is 5.95 Å². The highest BCUT2D eigenvalue weighted by Crippen LogP contribution is 2.33. The zero-order valence-electron chi connectivity index (χ0n) is 14.3. The average Bonchev–Trinajstić information content (AvgIpc) is 3.18. The van der Waals surface area contributed by atoms with E-state index in [1.54, 1.807) is 0 Å². The number of imidazole rings is 1. The Morgan fingerprint density at radius 3 is 2.68 bits per heavy atom. The summed E-state index contributed by atoms with van der Waals surface area (Å²) in [5.41, 5.74) is 7.81. The van der Waals surface area contributed by atoms with Crippen molar-refractivity contribution in [2.45, 2.75) is 19.3 Å². The van der Waals surface area contributed by atoms with Crippen LogP contribution in [0.3, 0.4) is 0 Å². The molecule has 0 saturated carbocycles. The highest BCUT2D eigenvalue weighted by Gasteiger charge is 2.20. The molecule has 1 aromatic carbocycles. The van der Waals surface area contributed by atoms with Crippen molar-refractivity contribution in [3.8, 4) is 5.75 Å². The number of aromatic nitrogens is 2. The molecular formula is C17H24N6O2. The van der Waals surface area contributed by atoms with Crippen LogP contribution in [0.5, 0.6) is 5.75 Å². The van der Waals surface area contributed by atoms with E-state index < -0.39 is 6.09 Å². The minimum atomic E-state index is -0.816. The number of H-pyrrole nitrogens is 1. The van der Waals surface area contributed by atoms with Gasteiger partial charge in [-0.1, -0.05) is 0 Å². The van der Waals surface area contributed by atoms with Gasteiger partial charge >= 0.3 is 6.09 Å². The highest BCUT2D eigenvalue weighted by molar-refractivity contribution is 5.89. The van der Waals surface area contributed by atoms with E-state index in [-0.39, 0.29) is 0 Å². The van der Waals surface area contributed by atoms with E-state index in [1.807, 2.05) is 6.07 Å². The second kappa shape index (κ2) is 6.79. The predicted molar refractivity (Wildman–Crippen MR) is 97.5 cm³/mol. The Morgan fingerprint density at radius 1 is 1.08 bits per heavy atom. The lowest BCUT2D eigenvalue weighted by Crippen LogP contribution is -2.28. The van der Waals surface area contributed by atoms with Gasteiger partial charge < -0.3 is 30.6 Å². The lowest BCUT2D eigenvalue weighted by atomic mass is 10.2. The van der Waals surface area contributed by atoms with Gasteiger partial charge in [0.15, 0.2) is 5.75 Å². The summed E-state index contributed by atoms with van der Waals surface area (Å²) >= 11 is 0. The number of carbonyl (C=O) groups is 1. The first-order valence-electron chi connectivity index (χ1n) is 8.92. The van der Waals surface area contributed by atoms with Crippen LogP contribution in [0.25, 0.3) is 11.0 Å². The summed E-state index contributed by atoms with van der Waals surface area (Å²) in [5, 5.41) is 3.39. The van der Waals surface area contributed by atoms with Crippen LogP contribution in [0.2, 0.25) is 0 Å². The molecule has 2 aliphatic rings. The number of carbonyl (C=O) groups excluding carboxylic acids is 1. The summed E-state index contributed by atoms with van der Waals surface area (Å²) in [5.74, 6) is 1.23. The van der Waals surface area contributed by atoms with Gasteiger partial charge in [-0.05, 0) is 31.9 Å². The van der Waals surface area contributed by atoms with Gasteiger partial charge in [-0.25, -0.2) is 9.78 Å². The molecule has 4 rings (SSSR count). The Morgan fingerprint density at radius 2 is 1.88 bits per heavy atom. The number of amides is 1. The zero-order valence-corrected chi connectivity index (χ0v) is 14.3. The van der Waals surface area contributed by atoms with E-state index in [1.165, 1.54) is 12.8 Å². The van der Waals surface area contributed by atoms with Crippen LogP contribution < -0.4 is 25.6 Å². The van der Waals surface area contributed by atoms with Gasteiger partial charge in [-0.15, -0.1) is 0 Å². The third-order valence-electron chi connectivity index (χ3n) is 4.85. The summed E-state index contributed by atoms with van der Waals surface area (Å²) in [6.07, 6.45) is 2.61. The molecule has 8 nitrogen and oxygen atoms in total. The number of nitrogens with zero attached hydrogens (tertiary/aromatic N) is 3. The van der Waals surface area contributed by atoms with E-state index in [0.717, 1.165) is 62.8 Å². The molecule has 1 amide bonds. The van der Waals surface area contributed by atoms with E-state index in [9.17, 15) is 4.79 Å². The molecule has 0 bridgehead atoms. The molecule has 134 valence electrons. The van der Waals surface area contributed by atoms with Crippen molar-refractivity contribution in [3.63, 3.8) is 0 Å². The van der Waals surface area contributed by atoms with Crippen LogP contribution in [0.4, 0.5) is 16.4 Å². The maximum absolute atomic E-state index is 11.3. The molecule has 0 atom stereocenters. The number of anilines is 2. The molecule has 0 spiro atoms. The first kappa shape index (κ1) is 16.0. The fraction of sp³-hybridized carbons (Fsp3) is 0.529. The Hall–Kier alpha value is -2.48. The maximum Gasteiger partial charge on any atom is 0.410 e. The summed E-state index contributed by atoms with van der Waals surface area (Å²) in [6, 6.07) is 3.95. The molecule has 2 saturated heterocycles. The first-order chi connectivity index (χ1) is 12.2. The molecule has 25 heavy (non-hydrogen) atoms. The van der Waals surface area contributed by atoms with Crippen molar-refractivity contribution >= 4 is 28.8 Å². The van der Waals surface area contributed by atoms with Gasteiger partial charge in [-0.2, -0.15) is 0 Å². The van der Waals surface area contributed by atoms with Crippen molar-refractivity contribution in [2.24, 2.45) is 5.73 Å². The van der Waals surface area contributed by atoms with Crippen molar-refractivity contribution in [2.75, 3.05) is 49.1 Å². The Balaban J connectivity index is 1.73. The minimum Gasteiger partial charge on any atom is -0.408 e. The number of hydrogen-bond acceptors (Lipinski definition) is 6. The Bertz CT molecular complexity index is 760. The monoisotopic (exact) mass is 344 g/mol. The van der Waals surface area contributed by atoms with Crippen molar-refractivity contribution < 1.29 is 9.53 Å². The summed E-state index contributed by atoms with van der Waals surface area (Å²) in [7, 11) is 0. The summed E-state index contributed by atoms with van der Waals surface area (Å²) in [6.45, 7) is 5.82. The SMILES string of the molecule is NC(=O)Oc1cc(N2CCCC2)cc2[nH]c(N3CCCNCC3)nc12. The lowest BCUT2D eigenvalue weighted by Gasteiger charge is -2.18. The van der Waals surface area contributed by atoms with E-state index >= 15 is 0 Å². The number of ether oxygens (including phenoxy) is 1. The third kappa shape index (κ3) is 3.34. The number of rotatable bonds is 3. The van der Waals surface area contributed by atoms with Crippen LogP contribution in [0, 0.1) is 0 Å². The Kier molecular flexibility index (Phi) is 4.35. The second-order valence-corrected chi connectivity index (χ2v) is 6.61. The average molecular weight is 344 g/mol.